The van der Waals surface area contributed by atoms with Gasteiger partial charge in [-0.2, -0.15) is 5.10 Å². The van der Waals surface area contributed by atoms with Gasteiger partial charge in [-0.05, 0) is 47.7 Å². The maximum absolute atomic E-state index is 13.8. The normalized spacial score (nSPS) is 16.7. The van der Waals surface area contributed by atoms with Gasteiger partial charge in [-0.1, -0.05) is 61.8 Å². The first-order valence-corrected chi connectivity index (χ1v) is 11.4. The summed E-state index contributed by atoms with van der Waals surface area (Å²) in [6, 6.07) is 9.48. The van der Waals surface area contributed by atoms with Gasteiger partial charge >= 0.3 is 0 Å². The molecule has 2 heterocycles. The van der Waals surface area contributed by atoms with Gasteiger partial charge in [0.2, 0.25) is 6.43 Å². The van der Waals surface area contributed by atoms with Gasteiger partial charge in [-0.3, -0.25) is 4.68 Å². The summed E-state index contributed by atoms with van der Waals surface area (Å²) >= 11 is 13.1. The molecule has 1 aliphatic heterocycles. The van der Waals surface area contributed by atoms with E-state index < -0.39 is 11.8 Å². The molecule has 0 spiro atoms. The molecular formula is C25H27Cl2F2N3. The summed E-state index contributed by atoms with van der Waals surface area (Å²) in [6.45, 7) is 10.4. The Morgan fingerprint density at radius 1 is 1.25 bits per heavy atom. The Bertz CT molecular complexity index is 1200. The molecule has 4 rings (SSSR count). The van der Waals surface area contributed by atoms with E-state index in [1.54, 1.807) is 25.6 Å². The van der Waals surface area contributed by atoms with Crippen molar-refractivity contribution >= 4 is 34.1 Å². The standard InChI is InChI=1S/C25H27Cl2F2N3/c1-14(13-18-20(26)9-10-21-22(18)23(27)31(5)30-21)32-12-11-17-16(15(32)2)7-6-8-19(17)25(3,4)24(28)29/h6-10,15,24H,1,11-13H2,2-5H3. The van der Waals surface area contributed by atoms with E-state index in [4.69, 9.17) is 23.2 Å². The van der Waals surface area contributed by atoms with Gasteiger partial charge in [-0.25, -0.2) is 8.78 Å². The first-order chi connectivity index (χ1) is 15.0. The molecule has 1 unspecified atom stereocenters. The quantitative estimate of drug-likeness (QED) is 0.390. The number of aromatic nitrogens is 2. The van der Waals surface area contributed by atoms with Crippen LogP contribution < -0.4 is 0 Å². The predicted molar refractivity (Wildman–Crippen MR) is 128 cm³/mol. The van der Waals surface area contributed by atoms with E-state index in [0.717, 1.165) is 38.9 Å². The highest BCUT2D eigenvalue weighted by Crippen LogP contribution is 2.41. The van der Waals surface area contributed by atoms with Crippen LogP contribution in [-0.4, -0.2) is 27.7 Å². The summed E-state index contributed by atoms with van der Waals surface area (Å²) in [5.41, 5.74) is 4.26. The van der Waals surface area contributed by atoms with E-state index in [-0.39, 0.29) is 6.04 Å². The van der Waals surface area contributed by atoms with E-state index >= 15 is 0 Å². The first-order valence-electron chi connectivity index (χ1n) is 10.7. The summed E-state index contributed by atoms with van der Waals surface area (Å²) in [7, 11) is 1.80. The van der Waals surface area contributed by atoms with Crippen molar-refractivity contribution in [2.45, 2.75) is 51.5 Å². The van der Waals surface area contributed by atoms with Crippen LogP contribution in [0.4, 0.5) is 8.78 Å². The largest absolute Gasteiger partial charge is 0.368 e. The van der Waals surface area contributed by atoms with Gasteiger partial charge in [0.25, 0.3) is 0 Å². The maximum atomic E-state index is 13.8. The number of hydrogen-bond acceptors (Lipinski definition) is 2. The molecule has 1 atom stereocenters. The molecule has 0 fully saturated rings. The summed E-state index contributed by atoms with van der Waals surface area (Å²) < 4.78 is 29.2. The van der Waals surface area contributed by atoms with Crippen molar-refractivity contribution in [2.24, 2.45) is 7.05 Å². The van der Waals surface area contributed by atoms with E-state index in [0.29, 0.717) is 29.6 Å². The highest BCUT2D eigenvalue weighted by Gasteiger charge is 2.36. The van der Waals surface area contributed by atoms with Crippen molar-refractivity contribution in [1.82, 2.24) is 14.7 Å². The van der Waals surface area contributed by atoms with Gasteiger partial charge in [-0.15, -0.1) is 0 Å². The SMILES string of the molecule is C=C(Cc1c(Cl)ccc2nn(C)c(Cl)c12)N1CCc2c(cccc2C(C)(C)C(F)F)C1C. The zero-order valence-electron chi connectivity index (χ0n) is 18.7. The second kappa shape index (κ2) is 8.35. The number of benzene rings is 2. The molecule has 3 aromatic rings. The highest BCUT2D eigenvalue weighted by molar-refractivity contribution is 6.37. The fourth-order valence-corrected chi connectivity index (χ4v) is 5.26. The van der Waals surface area contributed by atoms with Crippen molar-refractivity contribution < 1.29 is 8.78 Å². The molecule has 0 amide bonds. The third-order valence-corrected chi connectivity index (χ3v) is 7.53. The lowest BCUT2D eigenvalue weighted by Crippen LogP contribution is -2.36. The number of rotatable bonds is 5. The molecule has 0 radical (unpaired) electrons. The molecule has 0 saturated heterocycles. The minimum Gasteiger partial charge on any atom is -0.368 e. The fourth-order valence-electron chi connectivity index (χ4n) is 4.79. The average molecular weight is 478 g/mol. The summed E-state index contributed by atoms with van der Waals surface area (Å²) in [4.78, 5) is 2.24. The number of alkyl halides is 2. The van der Waals surface area contributed by atoms with Crippen LogP contribution >= 0.6 is 23.2 Å². The van der Waals surface area contributed by atoms with Crippen molar-refractivity contribution in [3.05, 3.63) is 75.0 Å². The van der Waals surface area contributed by atoms with Crippen LogP contribution in [0.3, 0.4) is 0 Å². The zero-order chi connectivity index (χ0) is 23.4. The van der Waals surface area contributed by atoms with Gasteiger partial charge < -0.3 is 4.90 Å². The van der Waals surface area contributed by atoms with Gasteiger partial charge in [0.15, 0.2) is 0 Å². The summed E-state index contributed by atoms with van der Waals surface area (Å²) in [5, 5.41) is 6.46. The molecule has 0 bridgehead atoms. The lowest BCUT2D eigenvalue weighted by atomic mass is 9.77. The van der Waals surface area contributed by atoms with Crippen LogP contribution in [0, 0.1) is 0 Å². The number of aryl methyl sites for hydroxylation is 1. The third kappa shape index (κ3) is 3.69. The molecule has 1 aromatic heterocycles. The van der Waals surface area contributed by atoms with E-state index in [9.17, 15) is 8.78 Å². The Morgan fingerprint density at radius 2 is 1.97 bits per heavy atom. The number of nitrogens with zero attached hydrogens (tertiary/aromatic N) is 3. The summed E-state index contributed by atoms with van der Waals surface area (Å²) in [6.07, 6.45) is -1.20. The lowest BCUT2D eigenvalue weighted by Gasteiger charge is -2.41. The Hall–Kier alpha value is -2.11. The molecule has 1 aliphatic rings. The molecule has 2 aromatic carbocycles. The molecule has 170 valence electrons. The van der Waals surface area contributed by atoms with Gasteiger partial charge in [0, 0.05) is 36.1 Å². The van der Waals surface area contributed by atoms with Crippen LogP contribution in [0.1, 0.15) is 49.1 Å². The molecule has 0 N–H and O–H groups in total. The van der Waals surface area contributed by atoms with Crippen LogP contribution in [0.25, 0.3) is 10.9 Å². The first kappa shape index (κ1) is 23.1. The van der Waals surface area contributed by atoms with Gasteiger partial charge in [0.05, 0.1) is 17.0 Å². The van der Waals surface area contributed by atoms with Crippen molar-refractivity contribution in [3.8, 4) is 0 Å². The van der Waals surface area contributed by atoms with Crippen LogP contribution in [-0.2, 0) is 25.3 Å². The molecular weight excluding hydrogens is 451 g/mol. The van der Waals surface area contributed by atoms with Crippen LogP contribution in [0.2, 0.25) is 10.2 Å². The second-order valence-electron chi connectivity index (χ2n) is 9.09. The minimum absolute atomic E-state index is 0.0158. The van der Waals surface area contributed by atoms with Crippen LogP contribution in [0.5, 0.6) is 0 Å². The average Bonchev–Trinajstić information content (AvgIpc) is 3.03. The monoisotopic (exact) mass is 477 g/mol. The fraction of sp³-hybridized carbons (Fsp3) is 0.400. The van der Waals surface area contributed by atoms with E-state index in [2.05, 4.69) is 23.5 Å². The Labute approximate surface area is 197 Å². The maximum Gasteiger partial charge on any atom is 0.247 e. The zero-order valence-corrected chi connectivity index (χ0v) is 20.2. The van der Waals surface area contributed by atoms with E-state index in [1.165, 1.54) is 0 Å². The Balaban J connectivity index is 1.67. The highest BCUT2D eigenvalue weighted by atomic mass is 35.5. The smallest absolute Gasteiger partial charge is 0.247 e. The van der Waals surface area contributed by atoms with Crippen LogP contribution in [0.15, 0.2) is 42.6 Å². The molecule has 7 heteroatoms. The van der Waals surface area contributed by atoms with Crippen molar-refractivity contribution in [3.63, 3.8) is 0 Å². The number of fused-ring (bicyclic) bond motifs is 2. The topological polar surface area (TPSA) is 21.1 Å². The Morgan fingerprint density at radius 3 is 2.66 bits per heavy atom. The Kier molecular flexibility index (Phi) is 6.01. The number of allylic oxidation sites excluding steroid dienone is 1. The predicted octanol–water partition coefficient (Wildman–Crippen LogP) is 7.10. The minimum atomic E-state index is -2.43. The molecule has 0 aliphatic carbocycles. The number of halogens is 4. The number of hydrogen-bond donors (Lipinski definition) is 0. The van der Waals surface area contributed by atoms with E-state index in [1.807, 2.05) is 30.3 Å². The second-order valence-corrected chi connectivity index (χ2v) is 9.86. The molecule has 0 saturated carbocycles. The summed E-state index contributed by atoms with van der Waals surface area (Å²) in [5.74, 6) is 0. The van der Waals surface area contributed by atoms with Crippen molar-refractivity contribution in [1.29, 1.82) is 0 Å². The molecule has 3 nitrogen and oxygen atoms in total. The lowest BCUT2D eigenvalue weighted by molar-refractivity contribution is 0.0684. The van der Waals surface area contributed by atoms with Gasteiger partial charge in [0.1, 0.15) is 5.15 Å². The molecule has 32 heavy (non-hydrogen) atoms. The third-order valence-electron chi connectivity index (χ3n) is 6.74. The van der Waals surface area contributed by atoms with Crippen molar-refractivity contribution in [2.75, 3.05) is 6.54 Å².